The minimum absolute atomic E-state index is 0.0788. The van der Waals surface area contributed by atoms with Crippen molar-refractivity contribution in [3.05, 3.63) is 29.0 Å². The van der Waals surface area contributed by atoms with E-state index in [4.69, 9.17) is 16.3 Å². The summed E-state index contributed by atoms with van der Waals surface area (Å²) in [4.78, 5) is 0. The van der Waals surface area contributed by atoms with Crippen molar-refractivity contribution >= 4 is 11.6 Å². The van der Waals surface area contributed by atoms with Crippen molar-refractivity contribution in [1.29, 1.82) is 0 Å². The normalized spacial score (nSPS) is 29.0. The summed E-state index contributed by atoms with van der Waals surface area (Å²) in [6.07, 6.45) is 5.60. The van der Waals surface area contributed by atoms with Gasteiger partial charge in [0.1, 0.15) is 6.10 Å². The Bertz CT molecular complexity index is 471. The van der Waals surface area contributed by atoms with Gasteiger partial charge >= 0.3 is 0 Å². The molecule has 0 amide bonds. The molecule has 4 heteroatoms. The second-order valence-electron chi connectivity index (χ2n) is 5.70. The van der Waals surface area contributed by atoms with Crippen LogP contribution in [0, 0.1) is 11.2 Å². The number of aliphatic hydroxyl groups is 1. The number of benzene rings is 1. The summed E-state index contributed by atoms with van der Waals surface area (Å²) in [7, 11) is 0. The molecule has 2 atom stereocenters. The fourth-order valence-corrected chi connectivity index (χ4v) is 3.65. The molecule has 2 nitrogen and oxygen atoms in total. The Kier molecular flexibility index (Phi) is 3.44. The maximum Gasteiger partial charge on any atom is 0.183 e. The molecule has 1 N–H and O–H groups in total. The molecule has 2 aliphatic carbocycles. The highest BCUT2D eigenvalue weighted by molar-refractivity contribution is 6.30. The minimum atomic E-state index is -0.503. The Morgan fingerprint density at radius 2 is 2.00 bits per heavy atom. The highest BCUT2D eigenvalue weighted by Crippen LogP contribution is 2.53. The van der Waals surface area contributed by atoms with E-state index in [1.54, 1.807) is 12.1 Å². The van der Waals surface area contributed by atoms with Crippen LogP contribution in [0.1, 0.15) is 38.5 Å². The second kappa shape index (κ2) is 4.95. The fraction of sp³-hybridized carbons (Fsp3) is 0.600. The van der Waals surface area contributed by atoms with E-state index in [-0.39, 0.29) is 28.4 Å². The van der Waals surface area contributed by atoms with Gasteiger partial charge < -0.3 is 9.84 Å². The van der Waals surface area contributed by atoms with Crippen molar-refractivity contribution in [1.82, 2.24) is 0 Å². The lowest BCUT2D eigenvalue weighted by molar-refractivity contribution is -0.172. The van der Waals surface area contributed by atoms with Crippen LogP contribution in [0.3, 0.4) is 0 Å². The van der Waals surface area contributed by atoms with Crippen LogP contribution in [0.4, 0.5) is 4.39 Å². The standard InChI is InChI=1S/C15H18ClFO2/c16-10-5-4-6-11(14(10)17)19-13-9-12(18)15(13)7-2-1-3-8-15/h4-6,12-13,18H,1-3,7-9H2. The Morgan fingerprint density at radius 3 is 2.68 bits per heavy atom. The summed E-state index contributed by atoms with van der Waals surface area (Å²) in [6.45, 7) is 0. The predicted octanol–water partition coefficient (Wildman–Crippen LogP) is 3.94. The smallest absolute Gasteiger partial charge is 0.183 e. The lowest BCUT2D eigenvalue weighted by Crippen LogP contribution is -2.60. The van der Waals surface area contributed by atoms with Crippen LogP contribution >= 0.6 is 11.6 Å². The Balaban J connectivity index is 1.78. The molecule has 0 aromatic heterocycles. The van der Waals surface area contributed by atoms with E-state index in [1.165, 1.54) is 12.5 Å². The lowest BCUT2D eigenvalue weighted by atomic mass is 9.56. The Morgan fingerprint density at radius 1 is 1.26 bits per heavy atom. The maximum atomic E-state index is 13.9. The van der Waals surface area contributed by atoms with E-state index in [2.05, 4.69) is 0 Å². The average molecular weight is 285 g/mol. The molecular weight excluding hydrogens is 267 g/mol. The van der Waals surface area contributed by atoms with Crippen molar-refractivity contribution < 1.29 is 14.2 Å². The molecule has 3 rings (SSSR count). The maximum absolute atomic E-state index is 13.9. The first-order valence-corrected chi connectivity index (χ1v) is 7.30. The summed E-state index contributed by atoms with van der Waals surface area (Å²) in [5, 5.41) is 10.2. The SMILES string of the molecule is OC1CC(Oc2cccc(Cl)c2F)C12CCCCC2. The van der Waals surface area contributed by atoms with E-state index in [0.29, 0.717) is 6.42 Å². The van der Waals surface area contributed by atoms with Gasteiger partial charge in [-0.25, -0.2) is 4.39 Å². The molecule has 2 saturated carbocycles. The largest absolute Gasteiger partial charge is 0.487 e. The highest BCUT2D eigenvalue weighted by Gasteiger charge is 2.56. The minimum Gasteiger partial charge on any atom is -0.487 e. The Hall–Kier alpha value is -0.800. The van der Waals surface area contributed by atoms with Gasteiger partial charge in [0.2, 0.25) is 0 Å². The summed E-state index contributed by atoms with van der Waals surface area (Å²) in [6, 6.07) is 4.79. The van der Waals surface area contributed by atoms with E-state index < -0.39 is 5.82 Å². The summed E-state index contributed by atoms with van der Waals surface area (Å²) < 4.78 is 19.7. The van der Waals surface area contributed by atoms with Crippen LogP contribution < -0.4 is 4.74 Å². The number of aliphatic hydroxyl groups excluding tert-OH is 1. The average Bonchev–Trinajstić information content (AvgIpc) is 2.44. The number of rotatable bonds is 2. The monoisotopic (exact) mass is 284 g/mol. The van der Waals surface area contributed by atoms with Crippen molar-refractivity contribution in [2.75, 3.05) is 0 Å². The van der Waals surface area contributed by atoms with E-state index >= 15 is 0 Å². The summed E-state index contributed by atoms with van der Waals surface area (Å²) >= 11 is 5.76. The molecule has 0 aliphatic heterocycles. The van der Waals surface area contributed by atoms with Gasteiger partial charge in [-0.2, -0.15) is 0 Å². The lowest BCUT2D eigenvalue weighted by Gasteiger charge is -2.55. The molecular formula is C15H18ClFO2. The van der Waals surface area contributed by atoms with Gasteiger partial charge in [0.15, 0.2) is 11.6 Å². The summed E-state index contributed by atoms with van der Waals surface area (Å²) in [5.41, 5.74) is -0.160. The molecule has 0 radical (unpaired) electrons. The molecule has 0 bridgehead atoms. The Labute approximate surface area is 117 Å². The first kappa shape index (κ1) is 13.2. The van der Waals surface area contributed by atoms with Crippen LogP contribution in [-0.4, -0.2) is 17.3 Å². The van der Waals surface area contributed by atoms with Crippen LogP contribution in [0.15, 0.2) is 18.2 Å². The third-order valence-corrected chi connectivity index (χ3v) is 5.00. The zero-order valence-corrected chi connectivity index (χ0v) is 11.5. The first-order valence-electron chi connectivity index (χ1n) is 6.92. The third-order valence-electron chi connectivity index (χ3n) is 4.71. The van der Waals surface area contributed by atoms with Crippen molar-refractivity contribution in [2.45, 2.75) is 50.7 Å². The fourth-order valence-electron chi connectivity index (χ4n) is 3.49. The second-order valence-corrected chi connectivity index (χ2v) is 6.11. The zero-order chi connectivity index (χ0) is 13.5. The van der Waals surface area contributed by atoms with Gasteiger partial charge in [-0.15, -0.1) is 0 Å². The number of hydrogen-bond donors (Lipinski definition) is 1. The van der Waals surface area contributed by atoms with Gasteiger partial charge in [0, 0.05) is 11.8 Å². The topological polar surface area (TPSA) is 29.5 Å². The van der Waals surface area contributed by atoms with Crippen molar-refractivity contribution in [3.63, 3.8) is 0 Å². The van der Waals surface area contributed by atoms with Gasteiger partial charge in [-0.05, 0) is 25.0 Å². The molecule has 2 aliphatic rings. The summed E-state index contributed by atoms with van der Waals surface area (Å²) in [5.74, 6) is -0.300. The van der Waals surface area contributed by atoms with Crippen LogP contribution in [0.2, 0.25) is 5.02 Å². The molecule has 1 aromatic rings. The quantitative estimate of drug-likeness (QED) is 0.891. The van der Waals surface area contributed by atoms with Crippen molar-refractivity contribution in [3.8, 4) is 5.75 Å². The molecule has 1 aromatic carbocycles. The first-order chi connectivity index (χ1) is 9.13. The van der Waals surface area contributed by atoms with Crippen molar-refractivity contribution in [2.24, 2.45) is 5.41 Å². The molecule has 2 fully saturated rings. The third kappa shape index (κ3) is 2.13. The molecule has 104 valence electrons. The van der Waals surface area contributed by atoms with Gasteiger partial charge in [-0.1, -0.05) is 36.9 Å². The zero-order valence-electron chi connectivity index (χ0n) is 10.7. The van der Waals surface area contributed by atoms with Gasteiger partial charge in [0.25, 0.3) is 0 Å². The van der Waals surface area contributed by atoms with Crippen LogP contribution in [0.25, 0.3) is 0 Å². The van der Waals surface area contributed by atoms with E-state index in [9.17, 15) is 9.50 Å². The number of hydrogen-bond acceptors (Lipinski definition) is 2. The number of halogens is 2. The molecule has 19 heavy (non-hydrogen) atoms. The molecule has 1 spiro atoms. The van der Waals surface area contributed by atoms with E-state index in [1.807, 2.05) is 0 Å². The van der Waals surface area contributed by atoms with Gasteiger partial charge in [0.05, 0.1) is 11.1 Å². The van der Waals surface area contributed by atoms with Crippen LogP contribution in [0.5, 0.6) is 5.75 Å². The van der Waals surface area contributed by atoms with Crippen LogP contribution in [-0.2, 0) is 0 Å². The predicted molar refractivity (Wildman–Crippen MR) is 72.0 cm³/mol. The van der Waals surface area contributed by atoms with E-state index in [0.717, 1.165) is 25.7 Å². The molecule has 0 saturated heterocycles. The molecule has 2 unspecified atom stereocenters. The van der Waals surface area contributed by atoms with Gasteiger partial charge in [-0.3, -0.25) is 0 Å². The highest BCUT2D eigenvalue weighted by atomic mass is 35.5. The molecule has 0 heterocycles. The number of ether oxygens (including phenoxy) is 1.